The van der Waals surface area contributed by atoms with Crippen molar-refractivity contribution in [3.05, 3.63) is 88.7 Å². The standard InChI is InChI=1S/C34H39FN2O8S/c1-36-33(38)31-28-20-27(23-8-9-23)29(21-30(28)45-32(31)24-10-12-25(35)13-11-24)37(46(3,40)41)15-17-44-19-18-43-16-14-22-6-4-5-7-26(22)34(39)42-2/h4-7,10-13,20-21,23,34,39H,8-9,14-19H2,1-3H3,(H,36,38). The van der Waals surface area contributed by atoms with Crippen LogP contribution in [0.3, 0.4) is 0 Å². The van der Waals surface area contributed by atoms with Crippen LogP contribution in [-0.2, 0) is 30.7 Å². The van der Waals surface area contributed by atoms with Gasteiger partial charge < -0.3 is 29.1 Å². The molecule has 2 N–H and O–H groups in total. The van der Waals surface area contributed by atoms with Crippen LogP contribution in [0.4, 0.5) is 10.1 Å². The fourth-order valence-electron chi connectivity index (χ4n) is 5.49. The average molecular weight is 655 g/mol. The highest BCUT2D eigenvalue weighted by atomic mass is 32.2. The Morgan fingerprint density at radius 2 is 1.76 bits per heavy atom. The maximum Gasteiger partial charge on any atom is 0.255 e. The van der Waals surface area contributed by atoms with Crippen LogP contribution in [0.5, 0.6) is 0 Å². The van der Waals surface area contributed by atoms with Crippen LogP contribution in [0.25, 0.3) is 22.3 Å². The van der Waals surface area contributed by atoms with Gasteiger partial charge in [-0.1, -0.05) is 24.3 Å². The van der Waals surface area contributed by atoms with Crippen LogP contribution in [0, 0.1) is 5.82 Å². The summed E-state index contributed by atoms with van der Waals surface area (Å²) in [7, 11) is -0.748. The van der Waals surface area contributed by atoms with Crippen molar-refractivity contribution in [2.45, 2.75) is 31.5 Å². The van der Waals surface area contributed by atoms with Gasteiger partial charge in [0, 0.05) is 36.7 Å². The first-order valence-electron chi connectivity index (χ1n) is 15.1. The molecule has 0 radical (unpaired) electrons. The van der Waals surface area contributed by atoms with Gasteiger partial charge >= 0.3 is 0 Å². The number of rotatable bonds is 16. The van der Waals surface area contributed by atoms with Gasteiger partial charge in [-0.2, -0.15) is 0 Å². The Bertz CT molecular complexity index is 1770. The predicted molar refractivity (Wildman–Crippen MR) is 173 cm³/mol. The number of aliphatic hydroxyl groups excluding tert-OH is 1. The molecule has 5 rings (SSSR count). The Morgan fingerprint density at radius 3 is 2.41 bits per heavy atom. The van der Waals surface area contributed by atoms with Gasteiger partial charge in [0.1, 0.15) is 17.2 Å². The number of amides is 1. The fourth-order valence-corrected chi connectivity index (χ4v) is 6.41. The highest BCUT2D eigenvalue weighted by Crippen LogP contribution is 2.48. The number of methoxy groups -OCH3 is 1. The lowest BCUT2D eigenvalue weighted by Gasteiger charge is -2.25. The quantitative estimate of drug-likeness (QED) is 0.125. The SMILES string of the molecule is CNC(=O)c1c(-c2ccc(F)cc2)oc2cc(N(CCOCCOCCc3ccccc3C(O)OC)S(C)(=O)=O)c(C3CC3)cc12. The number of furan rings is 1. The van der Waals surface area contributed by atoms with E-state index in [0.717, 1.165) is 30.2 Å². The second-order valence-corrected chi connectivity index (χ2v) is 13.1. The maximum absolute atomic E-state index is 13.7. The van der Waals surface area contributed by atoms with Crippen molar-refractivity contribution in [3.8, 4) is 11.3 Å². The molecule has 0 saturated heterocycles. The molecule has 1 saturated carbocycles. The van der Waals surface area contributed by atoms with Gasteiger partial charge in [-0.15, -0.1) is 0 Å². The summed E-state index contributed by atoms with van der Waals surface area (Å²) < 4.78 is 63.8. The summed E-state index contributed by atoms with van der Waals surface area (Å²) in [6, 6.07) is 16.6. The van der Waals surface area contributed by atoms with E-state index < -0.39 is 22.1 Å². The third-order valence-electron chi connectivity index (χ3n) is 7.95. The van der Waals surface area contributed by atoms with Crippen LogP contribution in [0.15, 0.2) is 65.1 Å². The number of nitrogens with one attached hydrogen (secondary N) is 1. The van der Waals surface area contributed by atoms with Crippen LogP contribution < -0.4 is 9.62 Å². The van der Waals surface area contributed by atoms with Crippen molar-refractivity contribution >= 4 is 32.6 Å². The Kier molecular flexibility index (Phi) is 10.7. The first-order chi connectivity index (χ1) is 22.1. The molecule has 246 valence electrons. The Morgan fingerprint density at radius 1 is 1.07 bits per heavy atom. The van der Waals surface area contributed by atoms with E-state index in [9.17, 15) is 22.7 Å². The number of nitrogens with zero attached hydrogens (tertiary/aromatic N) is 1. The van der Waals surface area contributed by atoms with Crippen LogP contribution in [-0.4, -0.2) is 72.8 Å². The lowest BCUT2D eigenvalue weighted by Crippen LogP contribution is -2.34. The summed E-state index contributed by atoms with van der Waals surface area (Å²) >= 11 is 0. The van der Waals surface area contributed by atoms with E-state index in [1.807, 2.05) is 30.3 Å². The topological polar surface area (TPSA) is 128 Å². The average Bonchev–Trinajstić information content (AvgIpc) is 3.83. The van der Waals surface area contributed by atoms with Crippen LogP contribution in [0.1, 0.15) is 52.1 Å². The van der Waals surface area contributed by atoms with Crippen molar-refractivity contribution in [2.24, 2.45) is 0 Å². The van der Waals surface area contributed by atoms with E-state index in [0.29, 0.717) is 53.0 Å². The molecule has 0 spiro atoms. The van der Waals surface area contributed by atoms with Gasteiger partial charge in [0.25, 0.3) is 5.91 Å². The lowest BCUT2D eigenvalue weighted by molar-refractivity contribution is -0.0776. The van der Waals surface area contributed by atoms with Crippen molar-refractivity contribution < 1.29 is 41.3 Å². The number of benzene rings is 3. The molecule has 1 aromatic heterocycles. The molecule has 1 fully saturated rings. The molecule has 4 aromatic rings. The zero-order chi connectivity index (χ0) is 32.8. The molecular weight excluding hydrogens is 615 g/mol. The van der Waals surface area contributed by atoms with Crippen molar-refractivity contribution in [3.63, 3.8) is 0 Å². The highest BCUT2D eigenvalue weighted by Gasteiger charge is 2.33. The largest absolute Gasteiger partial charge is 0.455 e. The molecule has 10 nitrogen and oxygen atoms in total. The second-order valence-electron chi connectivity index (χ2n) is 11.2. The molecule has 1 heterocycles. The second kappa shape index (κ2) is 14.7. The van der Waals surface area contributed by atoms with E-state index >= 15 is 0 Å². The summed E-state index contributed by atoms with van der Waals surface area (Å²) in [6.07, 6.45) is 2.54. The molecule has 1 unspecified atom stereocenters. The highest BCUT2D eigenvalue weighted by molar-refractivity contribution is 7.92. The zero-order valence-electron chi connectivity index (χ0n) is 26.1. The van der Waals surface area contributed by atoms with Gasteiger partial charge in [0.2, 0.25) is 10.0 Å². The van der Waals surface area contributed by atoms with E-state index in [2.05, 4.69) is 5.32 Å². The first-order valence-corrected chi connectivity index (χ1v) is 17.0. The number of anilines is 1. The van der Waals surface area contributed by atoms with E-state index in [1.165, 1.54) is 42.7 Å². The molecule has 12 heteroatoms. The van der Waals surface area contributed by atoms with Gasteiger partial charge in [-0.05, 0) is 66.6 Å². The van der Waals surface area contributed by atoms with Gasteiger partial charge in [0.15, 0.2) is 6.29 Å². The van der Waals surface area contributed by atoms with Gasteiger partial charge in [-0.25, -0.2) is 12.8 Å². The van der Waals surface area contributed by atoms with E-state index in [-0.39, 0.29) is 37.3 Å². The molecule has 0 aliphatic heterocycles. The minimum atomic E-state index is -3.71. The monoisotopic (exact) mass is 654 g/mol. The number of carbonyl (C=O) groups excluding carboxylic acids is 1. The van der Waals surface area contributed by atoms with Crippen molar-refractivity contribution in [1.82, 2.24) is 5.32 Å². The van der Waals surface area contributed by atoms with Crippen LogP contribution in [0.2, 0.25) is 0 Å². The summed E-state index contributed by atoms with van der Waals surface area (Å²) in [5.41, 5.74) is 4.10. The maximum atomic E-state index is 13.7. The number of hydrogen-bond acceptors (Lipinski definition) is 8. The number of sulfonamides is 1. The van der Waals surface area contributed by atoms with E-state index in [1.54, 1.807) is 6.07 Å². The zero-order valence-corrected chi connectivity index (χ0v) is 26.9. The van der Waals surface area contributed by atoms with Crippen LogP contribution >= 0.6 is 0 Å². The van der Waals surface area contributed by atoms with Gasteiger partial charge in [-0.3, -0.25) is 9.10 Å². The molecule has 3 aromatic carbocycles. The molecular formula is C34H39FN2O8S. The minimum Gasteiger partial charge on any atom is -0.455 e. The normalized spacial score (nSPS) is 14.0. The third kappa shape index (κ3) is 7.76. The minimum absolute atomic E-state index is 0.0696. The predicted octanol–water partition coefficient (Wildman–Crippen LogP) is 5.16. The molecule has 1 atom stereocenters. The number of hydrogen-bond donors (Lipinski definition) is 2. The molecule has 46 heavy (non-hydrogen) atoms. The van der Waals surface area contributed by atoms with Gasteiger partial charge in [0.05, 0.1) is 50.5 Å². The smallest absolute Gasteiger partial charge is 0.255 e. The number of aliphatic hydroxyl groups is 1. The van der Waals surface area contributed by atoms with E-state index in [4.69, 9.17) is 18.6 Å². The Balaban J connectivity index is 1.29. The number of ether oxygens (including phenoxy) is 3. The number of fused-ring (bicyclic) bond motifs is 1. The first kappa shape index (κ1) is 33.6. The molecule has 1 aliphatic rings. The molecule has 1 aliphatic carbocycles. The Labute approximate surface area is 268 Å². The van der Waals surface area contributed by atoms with Crippen molar-refractivity contribution in [1.29, 1.82) is 0 Å². The third-order valence-corrected chi connectivity index (χ3v) is 9.13. The molecule has 1 amide bonds. The summed E-state index contributed by atoms with van der Waals surface area (Å²) in [4.78, 5) is 13.0. The molecule has 0 bridgehead atoms. The lowest BCUT2D eigenvalue weighted by atomic mass is 10.0. The van der Waals surface area contributed by atoms with Crippen molar-refractivity contribution in [2.75, 3.05) is 57.7 Å². The fraction of sp³-hybridized carbons (Fsp3) is 0.382. The number of halogens is 1. The Hall–Kier alpha value is -3.81. The summed E-state index contributed by atoms with van der Waals surface area (Å²) in [5.74, 6) is -0.350. The number of carbonyl (C=O) groups is 1. The summed E-state index contributed by atoms with van der Waals surface area (Å²) in [5, 5.41) is 13.3. The summed E-state index contributed by atoms with van der Waals surface area (Å²) in [6.45, 7) is 1.19.